The first-order valence-electron chi connectivity index (χ1n) is 28.1. The van der Waals surface area contributed by atoms with Crippen molar-refractivity contribution in [3.05, 3.63) is 240 Å². The van der Waals surface area contributed by atoms with E-state index in [1.165, 1.54) is 6.92 Å². The van der Waals surface area contributed by atoms with Gasteiger partial charge >= 0.3 is 5.97 Å². The minimum absolute atomic E-state index is 0.0439. The van der Waals surface area contributed by atoms with Gasteiger partial charge in [0.25, 0.3) is 12.1 Å². The van der Waals surface area contributed by atoms with E-state index >= 15 is 0 Å². The number of ether oxygens (including phenoxy) is 10. The number of rotatable bonds is 25. The van der Waals surface area contributed by atoms with Crippen molar-refractivity contribution in [2.75, 3.05) is 13.2 Å². The average Bonchev–Trinajstić information content (AvgIpc) is 1.99. The van der Waals surface area contributed by atoms with E-state index in [-0.39, 0.29) is 46.2 Å². The normalized spacial score (nSPS) is 22.9. The summed E-state index contributed by atoms with van der Waals surface area (Å²) in [5.74, 6) is -1.30. The number of hydrogen-bond donors (Lipinski definition) is 1. The zero-order valence-corrected chi connectivity index (χ0v) is 50.7. The number of halogens is 3. The maximum absolute atomic E-state index is 13.8. The summed E-state index contributed by atoms with van der Waals surface area (Å²) in [4.78, 5) is 13.8. The summed E-state index contributed by atoms with van der Waals surface area (Å²) in [6, 6.07) is 68.9. The Labute approximate surface area is 508 Å². The fourth-order valence-corrected chi connectivity index (χ4v) is 15.4. The van der Waals surface area contributed by atoms with Crippen LogP contribution in [0.15, 0.2) is 212 Å². The van der Waals surface area contributed by atoms with E-state index in [1.54, 1.807) is 0 Å². The van der Waals surface area contributed by atoms with Gasteiger partial charge in [0.2, 0.25) is 12.2 Å². The van der Waals surface area contributed by atoms with Gasteiger partial charge in [0.15, 0.2) is 12.4 Å². The molecule has 9 rings (SSSR count). The van der Waals surface area contributed by atoms with Crippen LogP contribution in [0.4, 0.5) is 0 Å². The van der Waals surface area contributed by atoms with Crippen LogP contribution in [0.25, 0.3) is 0 Å². The van der Waals surface area contributed by atoms with Gasteiger partial charge in [-0.2, -0.15) is 0 Å². The first kappa shape index (κ1) is 62.7. The lowest BCUT2D eigenvalue weighted by atomic mass is 9.95. The fraction of sp³-hybridized carbons (Fsp3) is 0.343. The molecule has 2 heterocycles. The molecule has 0 amide bonds. The van der Waals surface area contributed by atoms with Crippen molar-refractivity contribution in [1.82, 2.24) is 0 Å². The predicted octanol–water partition coefficient (Wildman–Crippen LogP) is 12.3. The molecule has 2 fully saturated rings. The van der Waals surface area contributed by atoms with Crippen LogP contribution in [0.2, 0.25) is 5.04 Å². The van der Waals surface area contributed by atoms with E-state index in [1.807, 2.05) is 188 Å². The van der Waals surface area contributed by atoms with Gasteiger partial charge in [-0.1, -0.05) is 268 Å². The Morgan fingerprint density at radius 3 is 1.21 bits per heavy atom. The Kier molecular flexibility index (Phi) is 22.4. The molecule has 2 aliphatic rings. The monoisotopic (exact) mass is 1220 g/mol. The molecule has 13 nitrogen and oxygen atoms in total. The second-order valence-corrected chi connectivity index (χ2v) is 28.3. The van der Waals surface area contributed by atoms with Gasteiger partial charge in [0.1, 0.15) is 42.7 Å². The van der Waals surface area contributed by atoms with Gasteiger partial charge in [-0.3, -0.25) is 10.2 Å². The summed E-state index contributed by atoms with van der Waals surface area (Å²) in [6.07, 6.45) is -11.7. The smallest absolute Gasteiger partial charge is 0.303 e. The number of benzene rings is 7. The third-order valence-electron chi connectivity index (χ3n) is 14.7. The Hall–Kier alpha value is -5.79. The molecule has 0 spiro atoms. The number of nitrogens with one attached hydrogen (secondary N) is 1. The molecule has 2 saturated heterocycles. The van der Waals surface area contributed by atoms with Crippen molar-refractivity contribution in [3.8, 4) is 0 Å². The molecular formula is C67H72Cl3NO12Si. The largest absolute Gasteiger partial charge is 0.457 e. The van der Waals surface area contributed by atoms with Crippen molar-refractivity contribution in [3.63, 3.8) is 0 Å². The minimum Gasteiger partial charge on any atom is -0.457 e. The maximum atomic E-state index is 13.8. The Bertz CT molecular complexity index is 3040. The minimum atomic E-state index is -3.28. The summed E-state index contributed by atoms with van der Waals surface area (Å²) < 4.78 is 74.5. The van der Waals surface area contributed by atoms with Crippen LogP contribution in [0.5, 0.6) is 0 Å². The van der Waals surface area contributed by atoms with Crippen LogP contribution in [-0.4, -0.2) is 98.6 Å². The lowest BCUT2D eigenvalue weighted by molar-refractivity contribution is -0.369. The van der Waals surface area contributed by atoms with Gasteiger partial charge in [-0.05, 0) is 43.2 Å². The lowest BCUT2D eigenvalue weighted by Gasteiger charge is -2.50. The Morgan fingerprint density at radius 2 is 0.810 bits per heavy atom. The average molecular weight is 1220 g/mol. The van der Waals surface area contributed by atoms with Gasteiger partial charge in [-0.15, -0.1) is 0 Å². The van der Waals surface area contributed by atoms with Crippen LogP contribution in [0, 0.1) is 5.41 Å². The Balaban J connectivity index is 1.19. The second-order valence-electron chi connectivity index (χ2n) is 21.7. The molecule has 7 aromatic carbocycles. The van der Waals surface area contributed by atoms with Gasteiger partial charge in [0.05, 0.1) is 46.2 Å². The molecule has 0 bridgehead atoms. The SMILES string of the molecule is CC(=O)O[C@H]1[C@@H](OCc2ccccc2)[C@@H](CO[Si](c2ccccc2)(c2ccccc2)C(C)(C)C)O[C@@H](O[C@H]2[C@H](OCc3ccccc3)[C@@H](OCc3ccccc3)C(OC(=N)C(Cl)(Cl)Cl)O[C@@H]2COCc2ccccc2)[C@@H]1OCc1ccccc1. The second kappa shape index (κ2) is 30.0. The van der Waals surface area contributed by atoms with E-state index in [4.69, 9.17) is 92.0 Å². The van der Waals surface area contributed by atoms with Crippen LogP contribution in [-0.2, 0) is 89.6 Å². The van der Waals surface area contributed by atoms with Crippen molar-refractivity contribution >= 4 is 65.4 Å². The highest BCUT2D eigenvalue weighted by molar-refractivity contribution is 6.99. The van der Waals surface area contributed by atoms with Crippen LogP contribution < -0.4 is 10.4 Å². The third-order valence-corrected chi connectivity index (χ3v) is 20.2. The summed E-state index contributed by atoms with van der Waals surface area (Å²) in [5.41, 5.74) is 4.26. The van der Waals surface area contributed by atoms with Crippen molar-refractivity contribution in [2.45, 2.75) is 131 Å². The summed E-state index contributed by atoms with van der Waals surface area (Å²) in [6.45, 7) is 8.26. The Morgan fingerprint density at radius 1 is 0.452 bits per heavy atom. The first-order chi connectivity index (χ1) is 40.7. The molecule has 0 saturated carbocycles. The molecule has 442 valence electrons. The standard InChI is InChI=1S/C67H72Cl3NO12Si/c1-47(72)79-60-57(74-41-49-28-14-6-15-29-49)56(46-78-84(66(2,3)4,53-36-22-10-23-37-53)54-38-24-11-25-39-54)81-63(62(60)77-44-52-34-20-9-21-35-52)82-58-55(45-73-40-48-26-12-5-13-27-48)80-64(83-65(71)67(68,69)70)61(76-43-51-32-18-8-19-33-51)59(58)75-42-50-30-16-7-17-31-50/h5-39,55-64,71H,40-46H2,1-4H3/t55-,56-,57+,58-,59+,60+,61-,62-,63+,64?/m1/s1. The highest BCUT2D eigenvalue weighted by Gasteiger charge is 2.57. The molecule has 7 aromatic rings. The zero-order valence-electron chi connectivity index (χ0n) is 47.5. The quantitative estimate of drug-likeness (QED) is 0.0191. The summed E-state index contributed by atoms with van der Waals surface area (Å²) >= 11 is 19.0. The highest BCUT2D eigenvalue weighted by atomic mass is 35.6. The van der Waals surface area contributed by atoms with E-state index in [0.29, 0.717) is 0 Å². The highest BCUT2D eigenvalue weighted by Crippen LogP contribution is 2.41. The van der Waals surface area contributed by atoms with Crippen molar-refractivity contribution < 1.29 is 56.6 Å². The van der Waals surface area contributed by atoms with E-state index in [2.05, 4.69) is 45.0 Å². The summed E-state index contributed by atoms with van der Waals surface area (Å²) in [7, 11) is -3.28. The van der Waals surface area contributed by atoms with Crippen LogP contribution >= 0.6 is 34.8 Å². The van der Waals surface area contributed by atoms with Crippen LogP contribution in [0.3, 0.4) is 0 Å². The number of carbonyl (C=O) groups excluding carboxylic acids is 1. The predicted molar refractivity (Wildman–Crippen MR) is 327 cm³/mol. The van der Waals surface area contributed by atoms with Crippen LogP contribution in [0.1, 0.15) is 55.5 Å². The van der Waals surface area contributed by atoms with Crippen molar-refractivity contribution in [1.29, 1.82) is 5.41 Å². The van der Waals surface area contributed by atoms with Crippen molar-refractivity contribution in [2.24, 2.45) is 0 Å². The zero-order chi connectivity index (χ0) is 58.9. The molecule has 1 N–H and O–H groups in total. The van der Waals surface area contributed by atoms with E-state index in [9.17, 15) is 4.79 Å². The molecule has 17 heteroatoms. The third kappa shape index (κ3) is 16.6. The molecule has 0 aromatic heterocycles. The molecule has 0 radical (unpaired) electrons. The van der Waals surface area contributed by atoms with Gasteiger partial charge in [0, 0.05) is 6.92 Å². The molecule has 84 heavy (non-hydrogen) atoms. The summed E-state index contributed by atoms with van der Waals surface area (Å²) in [5, 5.41) is 10.5. The molecular weight excluding hydrogens is 1150 g/mol. The van der Waals surface area contributed by atoms with E-state index in [0.717, 1.165) is 38.2 Å². The number of alkyl halides is 3. The lowest BCUT2D eigenvalue weighted by Crippen LogP contribution is -2.69. The number of hydrogen-bond acceptors (Lipinski definition) is 13. The molecule has 2 aliphatic heterocycles. The van der Waals surface area contributed by atoms with E-state index < -0.39 is 90.4 Å². The van der Waals surface area contributed by atoms with Gasteiger partial charge < -0.3 is 51.8 Å². The molecule has 1 unspecified atom stereocenters. The molecule has 10 atom stereocenters. The number of carbonyl (C=O) groups is 1. The fourth-order valence-electron chi connectivity index (χ4n) is 10.7. The maximum Gasteiger partial charge on any atom is 0.303 e. The van der Waals surface area contributed by atoms with Gasteiger partial charge in [-0.25, -0.2) is 0 Å². The number of esters is 1. The topological polar surface area (TPSA) is 142 Å². The molecule has 0 aliphatic carbocycles. The first-order valence-corrected chi connectivity index (χ1v) is 31.2.